The van der Waals surface area contributed by atoms with E-state index in [-0.39, 0.29) is 0 Å². The fourth-order valence-electron chi connectivity index (χ4n) is 3.30. The molecular weight excluding hydrogens is 230 g/mol. The maximum absolute atomic E-state index is 6.52. The predicted octanol–water partition coefficient (Wildman–Crippen LogP) is 6.06. The van der Waals surface area contributed by atoms with Crippen LogP contribution in [0.5, 0.6) is 0 Å². The van der Waals surface area contributed by atoms with Crippen LogP contribution in [0.15, 0.2) is 0 Å². The Labute approximate surface area is 122 Å². The lowest BCUT2D eigenvalue weighted by atomic mass is 9.70. The summed E-state index contributed by atoms with van der Waals surface area (Å²) >= 11 is 0. The summed E-state index contributed by atoms with van der Waals surface area (Å²) < 4.78 is 0. The van der Waals surface area contributed by atoms with Gasteiger partial charge in [0.1, 0.15) is 0 Å². The molecule has 0 radical (unpaired) electrons. The molecule has 116 valence electrons. The van der Waals surface area contributed by atoms with Crippen LogP contribution in [0.3, 0.4) is 0 Å². The zero-order chi connectivity index (χ0) is 14.6. The van der Waals surface area contributed by atoms with Crippen LogP contribution in [-0.2, 0) is 0 Å². The van der Waals surface area contributed by atoms with Gasteiger partial charge in [0.25, 0.3) is 0 Å². The van der Waals surface area contributed by atoms with E-state index in [1.54, 1.807) is 0 Å². The molecular formula is C18H39N. The van der Waals surface area contributed by atoms with Crippen molar-refractivity contribution in [3.8, 4) is 0 Å². The van der Waals surface area contributed by atoms with Gasteiger partial charge in [-0.15, -0.1) is 0 Å². The Morgan fingerprint density at radius 2 is 1.26 bits per heavy atom. The van der Waals surface area contributed by atoms with Crippen molar-refractivity contribution in [3.63, 3.8) is 0 Å². The van der Waals surface area contributed by atoms with Crippen molar-refractivity contribution in [1.82, 2.24) is 0 Å². The van der Waals surface area contributed by atoms with Crippen LogP contribution in [0.25, 0.3) is 0 Å². The average molecular weight is 270 g/mol. The fraction of sp³-hybridized carbons (Fsp3) is 1.00. The smallest absolute Gasteiger partial charge is 0.00953 e. The molecule has 0 spiro atoms. The fourth-order valence-corrected chi connectivity index (χ4v) is 3.30. The standard InChI is InChI=1S/C18H39N/c1-5-9-11-12-13-14-16-18(7-3,8-4)17(19)15-10-6-2/h17H,5-16,19H2,1-4H3. The molecule has 0 amide bonds. The lowest BCUT2D eigenvalue weighted by Gasteiger charge is -2.38. The third-order valence-corrected chi connectivity index (χ3v) is 5.09. The van der Waals surface area contributed by atoms with Gasteiger partial charge in [0.2, 0.25) is 0 Å². The Balaban J connectivity index is 4.07. The monoisotopic (exact) mass is 269 g/mol. The number of hydrogen-bond donors (Lipinski definition) is 1. The maximum atomic E-state index is 6.52. The van der Waals surface area contributed by atoms with E-state index in [2.05, 4.69) is 27.7 Å². The number of rotatable bonds is 13. The second-order valence-electron chi connectivity index (χ2n) is 6.34. The van der Waals surface area contributed by atoms with Crippen LogP contribution < -0.4 is 5.73 Å². The SMILES string of the molecule is CCCCCCCCC(CC)(CC)C(N)CCCC. The van der Waals surface area contributed by atoms with Crippen LogP contribution in [0, 0.1) is 5.41 Å². The Bertz CT molecular complexity index is 184. The van der Waals surface area contributed by atoms with Gasteiger partial charge in [-0.3, -0.25) is 0 Å². The first-order valence-corrected chi connectivity index (χ1v) is 8.92. The quantitative estimate of drug-likeness (QED) is 0.404. The highest BCUT2D eigenvalue weighted by molar-refractivity contribution is 4.87. The first kappa shape index (κ1) is 19.0. The second-order valence-corrected chi connectivity index (χ2v) is 6.34. The molecule has 0 heterocycles. The molecule has 0 aromatic rings. The zero-order valence-corrected chi connectivity index (χ0v) is 14.1. The molecule has 1 atom stereocenters. The van der Waals surface area contributed by atoms with Crippen LogP contribution >= 0.6 is 0 Å². The van der Waals surface area contributed by atoms with E-state index < -0.39 is 0 Å². The second kappa shape index (κ2) is 11.8. The summed E-state index contributed by atoms with van der Waals surface area (Å²) in [5.41, 5.74) is 6.94. The Morgan fingerprint density at radius 3 is 1.79 bits per heavy atom. The molecule has 0 bridgehead atoms. The van der Waals surface area contributed by atoms with E-state index >= 15 is 0 Å². The van der Waals surface area contributed by atoms with Gasteiger partial charge < -0.3 is 5.73 Å². The van der Waals surface area contributed by atoms with Crippen LogP contribution in [0.4, 0.5) is 0 Å². The molecule has 0 fully saturated rings. The van der Waals surface area contributed by atoms with Gasteiger partial charge in [0.05, 0.1) is 0 Å². The van der Waals surface area contributed by atoms with Gasteiger partial charge in [0.15, 0.2) is 0 Å². The highest BCUT2D eigenvalue weighted by Gasteiger charge is 2.31. The molecule has 1 unspecified atom stereocenters. The molecule has 0 saturated heterocycles. The third-order valence-electron chi connectivity index (χ3n) is 5.09. The molecule has 0 saturated carbocycles. The summed E-state index contributed by atoms with van der Waals surface area (Å²) in [5, 5.41) is 0. The van der Waals surface area contributed by atoms with Crippen molar-refractivity contribution >= 4 is 0 Å². The Hall–Kier alpha value is -0.0400. The lowest BCUT2D eigenvalue weighted by Crippen LogP contribution is -2.41. The summed E-state index contributed by atoms with van der Waals surface area (Å²) in [6, 6.07) is 0.415. The number of hydrogen-bond acceptors (Lipinski definition) is 1. The minimum atomic E-state index is 0.415. The van der Waals surface area contributed by atoms with Crippen molar-refractivity contribution in [2.75, 3.05) is 0 Å². The summed E-state index contributed by atoms with van der Waals surface area (Å²) in [6.07, 6.45) is 16.0. The van der Waals surface area contributed by atoms with E-state index in [9.17, 15) is 0 Å². The summed E-state index contributed by atoms with van der Waals surface area (Å²) in [5.74, 6) is 0. The zero-order valence-electron chi connectivity index (χ0n) is 14.1. The van der Waals surface area contributed by atoms with Gasteiger partial charge >= 0.3 is 0 Å². The van der Waals surface area contributed by atoms with Gasteiger partial charge in [-0.2, -0.15) is 0 Å². The van der Waals surface area contributed by atoms with Crippen molar-refractivity contribution in [2.24, 2.45) is 11.1 Å². The number of unbranched alkanes of at least 4 members (excludes halogenated alkanes) is 6. The van der Waals surface area contributed by atoms with E-state index in [1.165, 1.54) is 77.0 Å². The van der Waals surface area contributed by atoms with Crippen molar-refractivity contribution in [1.29, 1.82) is 0 Å². The maximum Gasteiger partial charge on any atom is 0.00953 e. The average Bonchev–Trinajstić information content (AvgIpc) is 2.44. The van der Waals surface area contributed by atoms with E-state index in [0.29, 0.717) is 11.5 Å². The third kappa shape index (κ3) is 7.34. The topological polar surface area (TPSA) is 26.0 Å². The highest BCUT2D eigenvalue weighted by Crippen LogP contribution is 2.37. The molecule has 0 aromatic carbocycles. The summed E-state index contributed by atoms with van der Waals surface area (Å²) in [6.45, 7) is 9.23. The molecule has 19 heavy (non-hydrogen) atoms. The number of nitrogens with two attached hydrogens (primary N) is 1. The summed E-state index contributed by atoms with van der Waals surface area (Å²) in [7, 11) is 0. The van der Waals surface area contributed by atoms with Crippen molar-refractivity contribution in [2.45, 2.75) is 111 Å². The molecule has 0 aliphatic rings. The largest absolute Gasteiger partial charge is 0.327 e. The van der Waals surface area contributed by atoms with Gasteiger partial charge in [0, 0.05) is 6.04 Å². The molecule has 0 aliphatic carbocycles. The van der Waals surface area contributed by atoms with Gasteiger partial charge in [-0.25, -0.2) is 0 Å². The first-order chi connectivity index (χ1) is 9.16. The van der Waals surface area contributed by atoms with Gasteiger partial charge in [-0.1, -0.05) is 79.1 Å². The Morgan fingerprint density at radius 1 is 0.737 bits per heavy atom. The summed E-state index contributed by atoms with van der Waals surface area (Å²) in [4.78, 5) is 0. The first-order valence-electron chi connectivity index (χ1n) is 8.92. The Kier molecular flexibility index (Phi) is 11.7. The van der Waals surface area contributed by atoms with Crippen molar-refractivity contribution < 1.29 is 0 Å². The highest BCUT2D eigenvalue weighted by atomic mass is 14.7. The molecule has 0 aromatic heterocycles. The van der Waals surface area contributed by atoms with Crippen LogP contribution in [0.1, 0.15) is 105 Å². The van der Waals surface area contributed by atoms with E-state index in [0.717, 1.165) is 0 Å². The van der Waals surface area contributed by atoms with Gasteiger partial charge in [-0.05, 0) is 31.1 Å². The molecule has 0 aliphatic heterocycles. The predicted molar refractivity (Wildman–Crippen MR) is 88.5 cm³/mol. The molecule has 2 N–H and O–H groups in total. The van der Waals surface area contributed by atoms with Crippen molar-refractivity contribution in [3.05, 3.63) is 0 Å². The van der Waals surface area contributed by atoms with Crippen LogP contribution in [-0.4, -0.2) is 6.04 Å². The molecule has 0 rings (SSSR count). The molecule has 1 heteroatoms. The minimum Gasteiger partial charge on any atom is -0.327 e. The van der Waals surface area contributed by atoms with E-state index in [4.69, 9.17) is 5.73 Å². The lowest BCUT2D eigenvalue weighted by molar-refractivity contribution is 0.168. The molecule has 1 nitrogen and oxygen atoms in total. The van der Waals surface area contributed by atoms with E-state index in [1.807, 2.05) is 0 Å². The minimum absolute atomic E-state index is 0.415. The van der Waals surface area contributed by atoms with Crippen LogP contribution in [0.2, 0.25) is 0 Å². The normalized spacial score (nSPS) is 13.7.